The molecule has 0 atom stereocenters. The van der Waals surface area contributed by atoms with Gasteiger partial charge in [0.05, 0.1) is 22.0 Å². The number of esters is 1. The van der Waals surface area contributed by atoms with Crippen LogP contribution in [0.5, 0.6) is 0 Å². The van der Waals surface area contributed by atoms with Crippen molar-refractivity contribution < 1.29 is 18.8 Å². The second-order valence-electron chi connectivity index (χ2n) is 4.22. The number of rotatable bonds is 5. The first-order valence-electron chi connectivity index (χ1n) is 6.40. The summed E-state index contributed by atoms with van der Waals surface area (Å²) in [6.45, 7) is 1.85. The van der Waals surface area contributed by atoms with E-state index in [0.29, 0.717) is 9.79 Å². The molecule has 0 unspecified atom stereocenters. The van der Waals surface area contributed by atoms with Crippen LogP contribution in [0.4, 0.5) is 10.1 Å². The Labute approximate surface area is 130 Å². The number of hydrogen-bond donors (Lipinski definition) is 0. The van der Waals surface area contributed by atoms with Crippen LogP contribution in [0, 0.1) is 15.9 Å². The van der Waals surface area contributed by atoms with Crippen molar-refractivity contribution in [3.63, 3.8) is 0 Å². The number of halogens is 1. The van der Waals surface area contributed by atoms with Crippen molar-refractivity contribution in [3.05, 3.63) is 64.0 Å². The zero-order valence-electron chi connectivity index (χ0n) is 11.6. The van der Waals surface area contributed by atoms with Gasteiger partial charge in [-0.25, -0.2) is 9.18 Å². The van der Waals surface area contributed by atoms with E-state index in [9.17, 15) is 19.3 Å². The van der Waals surface area contributed by atoms with Crippen LogP contribution in [-0.2, 0) is 4.74 Å². The quantitative estimate of drug-likeness (QED) is 0.472. The van der Waals surface area contributed by atoms with Crippen LogP contribution in [0.2, 0.25) is 0 Å². The molecule has 2 aromatic carbocycles. The molecule has 0 bridgehead atoms. The summed E-state index contributed by atoms with van der Waals surface area (Å²) in [5.41, 5.74) is -0.0723. The van der Waals surface area contributed by atoms with Gasteiger partial charge in [0, 0.05) is 11.0 Å². The third-order valence-electron chi connectivity index (χ3n) is 2.71. The Balaban J connectivity index is 2.33. The number of nitro benzene ring substituents is 1. The van der Waals surface area contributed by atoms with Gasteiger partial charge in [-0.05, 0) is 43.3 Å². The number of ether oxygens (including phenoxy) is 1. The van der Waals surface area contributed by atoms with Crippen molar-refractivity contribution in [1.29, 1.82) is 0 Å². The molecule has 0 fully saturated rings. The molecule has 0 saturated heterocycles. The van der Waals surface area contributed by atoms with Crippen LogP contribution in [0.15, 0.2) is 52.3 Å². The van der Waals surface area contributed by atoms with Gasteiger partial charge in [0.2, 0.25) is 0 Å². The predicted molar refractivity (Wildman–Crippen MR) is 79.6 cm³/mol. The summed E-state index contributed by atoms with van der Waals surface area (Å²) in [6.07, 6.45) is 0. The summed E-state index contributed by atoms with van der Waals surface area (Å²) >= 11 is 1.12. The van der Waals surface area contributed by atoms with E-state index in [-0.39, 0.29) is 23.7 Å². The Morgan fingerprint density at radius 3 is 2.55 bits per heavy atom. The molecular weight excluding hydrogens is 309 g/mol. The van der Waals surface area contributed by atoms with E-state index in [4.69, 9.17) is 4.74 Å². The van der Waals surface area contributed by atoms with Crippen molar-refractivity contribution in [2.24, 2.45) is 0 Å². The molecule has 0 heterocycles. The van der Waals surface area contributed by atoms with Crippen LogP contribution in [0.25, 0.3) is 0 Å². The van der Waals surface area contributed by atoms with E-state index in [0.717, 1.165) is 11.8 Å². The summed E-state index contributed by atoms with van der Waals surface area (Å²) in [5.74, 6) is -0.986. The second kappa shape index (κ2) is 7.04. The molecule has 0 saturated carbocycles. The van der Waals surface area contributed by atoms with Crippen LogP contribution in [0.1, 0.15) is 17.3 Å². The molecular formula is C15H12FNO4S. The minimum absolute atomic E-state index is 0.122. The van der Waals surface area contributed by atoms with E-state index in [1.807, 2.05) is 0 Å². The van der Waals surface area contributed by atoms with Crippen molar-refractivity contribution in [2.75, 3.05) is 6.61 Å². The summed E-state index contributed by atoms with van der Waals surface area (Å²) in [6, 6.07) is 9.76. The van der Waals surface area contributed by atoms with Crippen molar-refractivity contribution in [3.8, 4) is 0 Å². The highest BCUT2D eigenvalue weighted by molar-refractivity contribution is 7.99. The van der Waals surface area contributed by atoms with Gasteiger partial charge in [0.25, 0.3) is 5.69 Å². The van der Waals surface area contributed by atoms with Gasteiger partial charge in [-0.15, -0.1) is 0 Å². The Kier molecular flexibility index (Phi) is 5.11. The highest BCUT2D eigenvalue weighted by Gasteiger charge is 2.19. The number of hydrogen-bond acceptors (Lipinski definition) is 5. The molecule has 0 radical (unpaired) electrons. The van der Waals surface area contributed by atoms with Crippen LogP contribution in [-0.4, -0.2) is 17.5 Å². The number of carbonyl (C=O) groups excluding carboxylic acids is 1. The van der Waals surface area contributed by atoms with Gasteiger partial charge in [0.15, 0.2) is 0 Å². The molecule has 0 aromatic heterocycles. The minimum atomic E-state index is -0.607. The number of nitro groups is 1. The number of benzene rings is 2. The lowest BCUT2D eigenvalue weighted by Gasteiger charge is -2.06. The highest BCUT2D eigenvalue weighted by Crippen LogP contribution is 2.35. The van der Waals surface area contributed by atoms with Gasteiger partial charge in [-0.2, -0.15) is 0 Å². The predicted octanol–water partition coefficient (Wildman–Crippen LogP) is 4.06. The first kappa shape index (κ1) is 16.0. The molecule has 7 heteroatoms. The Hall–Kier alpha value is -2.41. The molecule has 0 spiro atoms. The Bertz CT molecular complexity index is 703. The smallest absolute Gasteiger partial charge is 0.338 e. The second-order valence-corrected chi connectivity index (χ2v) is 5.33. The van der Waals surface area contributed by atoms with E-state index in [1.165, 1.54) is 42.5 Å². The van der Waals surface area contributed by atoms with Gasteiger partial charge >= 0.3 is 5.97 Å². The summed E-state index contributed by atoms with van der Waals surface area (Å²) < 4.78 is 17.7. The van der Waals surface area contributed by atoms with Gasteiger partial charge in [-0.1, -0.05) is 11.8 Å². The SMILES string of the molecule is CCOC(=O)c1ccc(Sc2ccc(F)cc2)c([N+](=O)[O-])c1. The van der Waals surface area contributed by atoms with Gasteiger partial charge in [-0.3, -0.25) is 10.1 Å². The van der Waals surface area contributed by atoms with Crippen LogP contribution < -0.4 is 0 Å². The maximum Gasteiger partial charge on any atom is 0.338 e. The van der Waals surface area contributed by atoms with Crippen molar-refractivity contribution in [2.45, 2.75) is 16.7 Å². The first-order chi connectivity index (χ1) is 10.5. The molecule has 114 valence electrons. The van der Waals surface area contributed by atoms with E-state index < -0.39 is 10.9 Å². The van der Waals surface area contributed by atoms with E-state index in [2.05, 4.69) is 0 Å². The zero-order valence-corrected chi connectivity index (χ0v) is 12.4. The minimum Gasteiger partial charge on any atom is -0.462 e. The third kappa shape index (κ3) is 3.82. The molecule has 0 aliphatic heterocycles. The summed E-state index contributed by atoms with van der Waals surface area (Å²) in [7, 11) is 0. The van der Waals surface area contributed by atoms with Crippen molar-refractivity contribution in [1.82, 2.24) is 0 Å². The normalized spacial score (nSPS) is 10.3. The third-order valence-corrected chi connectivity index (χ3v) is 3.78. The topological polar surface area (TPSA) is 69.4 Å². The summed E-state index contributed by atoms with van der Waals surface area (Å²) in [4.78, 5) is 23.3. The van der Waals surface area contributed by atoms with Crippen LogP contribution >= 0.6 is 11.8 Å². The lowest BCUT2D eigenvalue weighted by atomic mass is 10.2. The van der Waals surface area contributed by atoms with Gasteiger partial charge in [0.1, 0.15) is 5.82 Å². The Morgan fingerprint density at radius 2 is 1.95 bits per heavy atom. The van der Waals surface area contributed by atoms with E-state index in [1.54, 1.807) is 6.92 Å². The summed E-state index contributed by atoms with van der Waals surface area (Å²) in [5, 5.41) is 11.2. The maximum atomic E-state index is 12.9. The fourth-order valence-electron chi connectivity index (χ4n) is 1.72. The molecule has 0 amide bonds. The monoisotopic (exact) mass is 321 g/mol. The van der Waals surface area contributed by atoms with Crippen molar-refractivity contribution >= 4 is 23.4 Å². The molecule has 0 aliphatic rings. The molecule has 22 heavy (non-hydrogen) atoms. The highest BCUT2D eigenvalue weighted by atomic mass is 32.2. The lowest BCUT2D eigenvalue weighted by Crippen LogP contribution is -2.05. The number of nitrogens with zero attached hydrogens (tertiary/aromatic N) is 1. The van der Waals surface area contributed by atoms with Gasteiger partial charge < -0.3 is 4.74 Å². The molecule has 0 N–H and O–H groups in total. The zero-order chi connectivity index (χ0) is 16.1. The molecule has 2 aromatic rings. The lowest BCUT2D eigenvalue weighted by molar-refractivity contribution is -0.387. The van der Waals surface area contributed by atoms with Crippen LogP contribution in [0.3, 0.4) is 0 Å². The fraction of sp³-hybridized carbons (Fsp3) is 0.133. The Morgan fingerprint density at radius 1 is 1.27 bits per heavy atom. The largest absolute Gasteiger partial charge is 0.462 e. The molecule has 2 rings (SSSR count). The standard InChI is InChI=1S/C15H12FNO4S/c1-2-21-15(18)10-3-8-14(13(9-10)17(19)20)22-12-6-4-11(16)5-7-12/h3-9H,2H2,1H3. The maximum absolute atomic E-state index is 12.9. The fourth-order valence-corrected chi connectivity index (χ4v) is 2.62. The first-order valence-corrected chi connectivity index (χ1v) is 7.22. The van der Waals surface area contributed by atoms with E-state index >= 15 is 0 Å². The average Bonchev–Trinajstić information content (AvgIpc) is 2.50. The number of carbonyl (C=O) groups is 1. The average molecular weight is 321 g/mol. The molecule has 5 nitrogen and oxygen atoms in total. The molecule has 0 aliphatic carbocycles.